The van der Waals surface area contributed by atoms with Gasteiger partial charge in [-0.3, -0.25) is 0 Å². The molecule has 0 aliphatic rings. The molecule has 1 heterocycles. The van der Waals surface area contributed by atoms with E-state index in [1.807, 2.05) is 36.4 Å². The molecule has 0 amide bonds. The number of phenolic OH excluding ortho intramolecular Hbond substituents is 1. The van der Waals surface area contributed by atoms with Gasteiger partial charge in [-0.1, -0.05) is 12.1 Å². The summed E-state index contributed by atoms with van der Waals surface area (Å²) in [6.07, 6.45) is 0. The number of hydrogen-bond acceptors (Lipinski definition) is 2. The number of methoxy groups -OCH3 is 1. The summed E-state index contributed by atoms with van der Waals surface area (Å²) >= 11 is 0. The minimum Gasteiger partial charge on any atom is -0.508 e. The van der Waals surface area contributed by atoms with Gasteiger partial charge in [-0.15, -0.1) is 0 Å². The van der Waals surface area contributed by atoms with E-state index in [0.29, 0.717) is 0 Å². The van der Waals surface area contributed by atoms with E-state index in [1.165, 1.54) is 0 Å². The summed E-state index contributed by atoms with van der Waals surface area (Å²) < 4.78 is 11.2. The second kappa shape index (κ2) is 4.61. The summed E-state index contributed by atoms with van der Waals surface area (Å²) in [5.41, 5.74) is 1.63. The number of aromatic hydroxyl groups is 1. The Morgan fingerprint density at radius 1 is 1.00 bits per heavy atom. The first-order chi connectivity index (χ1) is 9.28. The average molecular weight is 253 g/mol. The van der Waals surface area contributed by atoms with Gasteiger partial charge in [-0.05, 0) is 30.3 Å². The van der Waals surface area contributed by atoms with Crippen LogP contribution < -0.4 is 4.74 Å². The first-order valence-electron chi connectivity index (χ1n) is 5.97. The molecule has 0 unspecified atom stereocenters. The van der Waals surface area contributed by atoms with E-state index in [1.54, 1.807) is 25.3 Å². The molecule has 0 radical (unpaired) electrons. The van der Waals surface area contributed by atoms with Crippen molar-refractivity contribution in [2.45, 2.75) is 0 Å². The smallest absolute Gasteiger partial charge is 0.364 e. The van der Waals surface area contributed by atoms with Crippen molar-refractivity contribution in [1.29, 1.82) is 0 Å². The van der Waals surface area contributed by atoms with E-state index < -0.39 is 0 Å². The van der Waals surface area contributed by atoms with E-state index in [2.05, 4.69) is 0 Å². The third kappa shape index (κ3) is 2.10. The van der Waals surface area contributed by atoms with Crippen LogP contribution in [0.25, 0.3) is 22.3 Å². The van der Waals surface area contributed by atoms with Crippen LogP contribution in [0.2, 0.25) is 0 Å². The van der Waals surface area contributed by atoms with Crippen LogP contribution in [0, 0.1) is 0 Å². The van der Waals surface area contributed by atoms with E-state index in [4.69, 9.17) is 9.15 Å². The van der Waals surface area contributed by atoms with Crippen molar-refractivity contribution >= 4 is 11.0 Å². The highest BCUT2D eigenvalue weighted by Crippen LogP contribution is 2.32. The van der Waals surface area contributed by atoms with Gasteiger partial charge in [0, 0.05) is 12.1 Å². The molecule has 0 aliphatic carbocycles. The summed E-state index contributed by atoms with van der Waals surface area (Å²) in [5, 5.41) is 10.3. The van der Waals surface area contributed by atoms with Crippen LogP contribution in [0.5, 0.6) is 11.5 Å². The van der Waals surface area contributed by atoms with Crippen LogP contribution >= 0.6 is 0 Å². The Balaban J connectivity index is 2.18. The van der Waals surface area contributed by atoms with Crippen molar-refractivity contribution in [2.24, 2.45) is 0 Å². The van der Waals surface area contributed by atoms with Gasteiger partial charge in [-0.2, -0.15) is 0 Å². The molecule has 0 saturated carbocycles. The van der Waals surface area contributed by atoms with Gasteiger partial charge in [0.15, 0.2) is 0 Å². The second-order valence-electron chi connectivity index (χ2n) is 4.22. The standard InChI is InChI=1S/C16H12O3/c1-18-15-5-3-2-4-13(15)16-8-6-11-10-12(17)7-9-14(11)19-16/h2-10H,1H3/p+1. The number of hydrogen-bond donors (Lipinski definition) is 1. The maximum absolute atomic E-state index is 9.44. The van der Waals surface area contributed by atoms with Crippen LogP contribution in [0.1, 0.15) is 0 Å². The fourth-order valence-corrected chi connectivity index (χ4v) is 2.07. The summed E-state index contributed by atoms with van der Waals surface area (Å²) in [6, 6.07) is 16.5. The molecule has 0 spiro atoms. The number of rotatable bonds is 2. The molecule has 2 aromatic carbocycles. The van der Waals surface area contributed by atoms with Crippen LogP contribution in [-0.4, -0.2) is 12.2 Å². The molecular formula is C16H13O3+. The highest BCUT2D eigenvalue weighted by atomic mass is 16.5. The lowest BCUT2D eigenvalue weighted by Gasteiger charge is -2.02. The van der Waals surface area contributed by atoms with Gasteiger partial charge < -0.3 is 9.84 Å². The predicted molar refractivity (Wildman–Crippen MR) is 74.3 cm³/mol. The zero-order chi connectivity index (χ0) is 13.2. The molecule has 0 bridgehead atoms. The Bertz CT molecular complexity index is 735. The van der Waals surface area contributed by atoms with E-state index >= 15 is 0 Å². The third-order valence-corrected chi connectivity index (χ3v) is 3.00. The molecule has 3 heteroatoms. The molecule has 0 atom stereocenters. The third-order valence-electron chi connectivity index (χ3n) is 3.00. The van der Waals surface area contributed by atoms with Gasteiger partial charge in [0.05, 0.1) is 12.5 Å². The fraction of sp³-hybridized carbons (Fsp3) is 0.0625. The first kappa shape index (κ1) is 11.5. The predicted octanol–water partition coefficient (Wildman–Crippen LogP) is 4.10. The van der Waals surface area contributed by atoms with Gasteiger partial charge >= 0.3 is 11.3 Å². The lowest BCUT2D eigenvalue weighted by atomic mass is 10.1. The zero-order valence-electron chi connectivity index (χ0n) is 10.5. The molecule has 1 aromatic heterocycles. The fourth-order valence-electron chi connectivity index (χ4n) is 2.07. The maximum Gasteiger partial charge on any atom is 0.364 e. The molecular weight excluding hydrogens is 240 g/mol. The Kier molecular flexibility index (Phi) is 2.80. The summed E-state index contributed by atoms with van der Waals surface area (Å²) in [4.78, 5) is 0. The molecule has 3 rings (SSSR count). The largest absolute Gasteiger partial charge is 0.508 e. The van der Waals surface area contributed by atoms with Gasteiger partial charge in [-0.25, -0.2) is 4.42 Å². The van der Waals surface area contributed by atoms with Crippen LogP contribution in [0.15, 0.2) is 59.0 Å². The van der Waals surface area contributed by atoms with Crippen LogP contribution in [0.4, 0.5) is 0 Å². The second-order valence-corrected chi connectivity index (χ2v) is 4.22. The number of phenols is 1. The molecule has 0 saturated heterocycles. The van der Waals surface area contributed by atoms with Crippen LogP contribution in [-0.2, 0) is 0 Å². The van der Waals surface area contributed by atoms with Crippen molar-refractivity contribution < 1.29 is 14.3 Å². The highest BCUT2D eigenvalue weighted by Gasteiger charge is 2.18. The summed E-state index contributed by atoms with van der Waals surface area (Å²) in [6.45, 7) is 0. The first-order valence-corrected chi connectivity index (χ1v) is 5.97. The molecule has 3 aromatic rings. The number of ether oxygens (including phenoxy) is 1. The van der Waals surface area contributed by atoms with Gasteiger partial charge in [0.2, 0.25) is 0 Å². The minimum absolute atomic E-state index is 0.229. The highest BCUT2D eigenvalue weighted by molar-refractivity contribution is 5.80. The molecule has 3 nitrogen and oxygen atoms in total. The molecule has 0 fully saturated rings. The zero-order valence-corrected chi connectivity index (χ0v) is 10.5. The van der Waals surface area contributed by atoms with Crippen molar-refractivity contribution in [3.8, 4) is 22.8 Å². The van der Waals surface area contributed by atoms with E-state index in [-0.39, 0.29) is 5.75 Å². The van der Waals surface area contributed by atoms with E-state index in [9.17, 15) is 5.11 Å². The molecule has 0 aliphatic heterocycles. The van der Waals surface area contributed by atoms with Crippen LogP contribution in [0.3, 0.4) is 0 Å². The van der Waals surface area contributed by atoms with E-state index in [0.717, 1.165) is 28.0 Å². The monoisotopic (exact) mass is 253 g/mol. The van der Waals surface area contributed by atoms with Crippen molar-refractivity contribution in [1.82, 2.24) is 0 Å². The lowest BCUT2D eigenvalue weighted by molar-refractivity contribution is 0.415. The van der Waals surface area contributed by atoms with Crippen molar-refractivity contribution in [3.05, 3.63) is 54.6 Å². The molecule has 1 N–H and O–H groups in total. The minimum atomic E-state index is 0.229. The molecule has 94 valence electrons. The topological polar surface area (TPSA) is 40.8 Å². The maximum atomic E-state index is 9.44. The number of fused-ring (bicyclic) bond motifs is 1. The Labute approximate surface area is 110 Å². The van der Waals surface area contributed by atoms with Gasteiger partial charge in [0.25, 0.3) is 0 Å². The SMILES string of the molecule is COc1ccccc1-c1ccc2cc(O)ccc2[o+]1. The quantitative estimate of drug-likeness (QED) is 0.699. The normalized spacial score (nSPS) is 10.6. The Morgan fingerprint density at radius 2 is 1.84 bits per heavy atom. The van der Waals surface area contributed by atoms with Crippen molar-refractivity contribution in [2.75, 3.05) is 7.11 Å². The average Bonchev–Trinajstić information content (AvgIpc) is 2.46. The van der Waals surface area contributed by atoms with Crippen molar-refractivity contribution in [3.63, 3.8) is 0 Å². The summed E-state index contributed by atoms with van der Waals surface area (Å²) in [7, 11) is 1.64. The lowest BCUT2D eigenvalue weighted by Crippen LogP contribution is -1.87. The number of benzene rings is 2. The Hall–Kier alpha value is -2.55. The molecule has 19 heavy (non-hydrogen) atoms. The number of para-hydroxylation sites is 1. The van der Waals surface area contributed by atoms with Gasteiger partial charge in [0.1, 0.15) is 17.1 Å². The Morgan fingerprint density at radius 3 is 2.68 bits per heavy atom. The summed E-state index contributed by atoms with van der Waals surface area (Å²) in [5.74, 6) is 1.73.